The van der Waals surface area contributed by atoms with Crippen LogP contribution < -0.4 is 0 Å². The van der Waals surface area contributed by atoms with Crippen molar-refractivity contribution < 1.29 is 8.91 Å². The summed E-state index contributed by atoms with van der Waals surface area (Å²) in [5, 5.41) is 12.9. The lowest BCUT2D eigenvalue weighted by molar-refractivity contribution is 0.432. The van der Waals surface area contributed by atoms with Crippen LogP contribution in [0, 0.1) is 17.1 Å². The maximum absolute atomic E-state index is 13.6. The highest BCUT2D eigenvalue weighted by molar-refractivity contribution is 9.11. The van der Waals surface area contributed by atoms with Gasteiger partial charge in [0.2, 0.25) is 5.82 Å². The Bertz CT molecular complexity index is 821. The summed E-state index contributed by atoms with van der Waals surface area (Å²) in [5.41, 5.74) is 0.192. The predicted octanol–water partition coefficient (Wildman–Crippen LogP) is 4.24. The van der Waals surface area contributed by atoms with E-state index in [1.165, 1.54) is 23.5 Å². The fourth-order valence-corrected chi connectivity index (χ4v) is 3.00. The third kappa shape index (κ3) is 2.24. The molecule has 2 heterocycles. The Morgan fingerprint density at radius 1 is 1.30 bits per heavy atom. The summed E-state index contributed by atoms with van der Waals surface area (Å²) in [6, 6.07) is 9.82. The van der Waals surface area contributed by atoms with Gasteiger partial charge in [-0.2, -0.15) is 10.2 Å². The Labute approximate surface area is 125 Å². The number of hydrogen-bond donors (Lipinski definition) is 0. The van der Waals surface area contributed by atoms with E-state index in [-0.39, 0.29) is 11.5 Å². The van der Waals surface area contributed by atoms with E-state index in [1.54, 1.807) is 6.07 Å². The first-order valence-corrected chi connectivity index (χ1v) is 7.08. The Kier molecular flexibility index (Phi) is 3.34. The summed E-state index contributed by atoms with van der Waals surface area (Å²) in [5.74, 6) is -0.0759. The molecule has 0 bridgehead atoms. The van der Waals surface area contributed by atoms with Gasteiger partial charge >= 0.3 is 0 Å². The van der Waals surface area contributed by atoms with E-state index >= 15 is 0 Å². The number of thiophene rings is 1. The zero-order valence-electron chi connectivity index (χ0n) is 9.80. The second-order valence-corrected chi connectivity index (χ2v) is 6.26. The Morgan fingerprint density at radius 2 is 2.15 bits per heavy atom. The maximum atomic E-state index is 13.6. The average molecular weight is 350 g/mol. The minimum atomic E-state index is -0.608. The normalized spacial score (nSPS) is 10.4. The van der Waals surface area contributed by atoms with Crippen molar-refractivity contribution in [1.29, 1.82) is 5.26 Å². The van der Waals surface area contributed by atoms with Gasteiger partial charge in [0.05, 0.1) is 14.2 Å². The molecule has 0 saturated heterocycles. The van der Waals surface area contributed by atoms with Crippen LogP contribution in [0.4, 0.5) is 4.39 Å². The number of aromatic nitrogens is 2. The molecule has 0 fully saturated rings. The van der Waals surface area contributed by atoms with Gasteiger partial charge in [-0.05, 0) is 40.2 Å². The van der Waals surface area contributed by atoms with E-state index in [0.29, 0.717) is 11.4 Å². The molecule has 3 rings (SSSR count). The summed E-state index contributed by atoms with van der Waals surface area (Å²) in [6.45, 7) is 0. The minimum absolute atomic E-state index is 0.102. The van der Waals surface area contributed by atoms with Gasteiger partial charge in [-0.15, -0.1) is 11.3 Å². The van der Waals surface area contributed by atoms with Crippen molar-refractivity contribution in [2.24, 2.45) is 0 Å². The molecule has 2 aromatic heterocycles. The second-order valence-electron chi connectivity index (χ2n) is 3.80. The largest absolute Gasteiger partial charge is 0.334 e. The molecule has 7 heteroatoms. The van der Waals surface area contributed by atoms with E-state index in [0.717, 1.165) is 8.66 Å². The maximum Gasteiger partial charge on any atom is 0.259 e. The van der Waals surface area contributed by atoms with Gasteiger partial charge in [0.1, 0.15) is 17.4 Å². The van der Waals surface area contributed by atoms with Crippen LogP contribution in [-0.2, 0) is 0 Å². The highest BCUT2D eigenvalue weighted by atomic mass is 79.9. The molecule has 0 aliphatic carbocycles. The van der Waals surface area contributed by atoms with Crippen LogP contribution in [0.15, 0.2) is 38.6 Å². The van der Waals surface area contributed by atoms with Gasteiger partial charge in [0, 0.05) is 0 Å². The molecule has 0 aliphatic rings. The highest BCUT2D eigenvalue weighted by Gasteiger charge is 2.17. The van der Waals surface area contributed by atoms with Crippen LogP contribution in [0.25, 0.3) is 22.2 Å². The molecular formula is C13H5BrFN3OS. The number of benzene rings is 1. The Morgan fingerprint density at radius 3 is 2.85 bits per heavy atom. The first-order valence-electron chi connectivity index (χ1n) is 5.47. The molecule has 1 aromatic carbocycles. The van der Waals surface area contributed by atoms with Crippen molar-refractivity contribution in [1.82, 2.24) is 10.1 Å². The standard InChI is InChI=1S/C13H5BrFN3OS/c14-11-5-4-10(20-11)12-17-13(19-18-12)7-2-1-3-9(15)8(7)6-16/h1-5H. The van der Waals surface area contributed by atoms with Crippen LogP contribution >= 0.6 is 27.3 Å². The molecule has 3 aromatic rings. The molecule has 0 N–H and O–H groups in total. The number of rotatable bonds is 2. The lowest BCUT2D eigenvalue weighted by atomic mass is 10.1. The lowest BCUT2D eigenvalue weighted by Gasteiger charge is -1.98. The van der Waals surface area contributed by atoms with Gasteiger partial charge in [-0.1, -0.05) is 11.2 Å². The predicted molar refractivity (Wildman–Crippen MR) is 75.4 cm³/mol. The molecule has 0 amide bonds. The monoisotopic (exact) mass is 349 g/mol. The third-order valence-electron chi connectivity index (χ3n) is 2.58. The van der Waals surface area contributed by atoms with Crippen LogP contribution in [0.5, 0.6) is 0 Å². The molecule has 0 radical (unpaired) electrons. The summed E-state index contributed by atoms with van der Waals surface area (Å²) < 4.78 is 19.6. The summed E-state index contributed by atoms with van der Waals surface area (Å²) in [7, 11) is 0. The first kappa shape index (κ1) is 13.0. The zero-order valence-corrected chi connectivity index (χ0v) is 12.2. The molecule has 0 aliphatic heterocycles. The lowest BCUT2D eigenvalue weighted by Crippen LogP contribution is -1.89. The summed E-state index contributed by atoms with van der Waals surface area (Å²) in [4.78, 5) is 5.03. The van der Waals surface area contributed by atoms with Crippen molar-refractivity contribution in [3.63, 3.8) is 0 Å². The van der Waals surface area contributed by atoms with E-state index in [1.807, 2.05) is 18.2 Å². The topological polar surface area (TPSA) is 62.7 Å². The van der Waals surface area contributed by atoms with Crippen molar-refractivity contribution in [2.45, 2.75) is 0 Å². The van der Waals surface area contributed by atoms with E-state index in [4.69, 9.17) is 9.78 Å². The van der Waals surface area contributed by atoms with Crippen LogP contribution in [0.1, 0.15) is 5.56 Å². The number of halogens is 2. The van der Waals surface area contributed by atoms with Crippen molar-refractivity contribution in [3.8, 4) is 28.2 Å². The summed E-state index contributed by atoms with van der Waals surface area (Å²) >= 11 is 4.81. The molecule has 20 heavy (non-hydrogen) atoms. The van der Waals surface area contributed by atoms with Gasteiger partial charge in [-0.3, -0.25) is 0 Å². The van der Waals surface area contributed by atoms with Gasteiger partial charge in [0.25, 0.3) is 5.89 Å². The van der Waals surface area contributed by atoms with Crippen molar-refractivity contribution in [2.75, 3.05) is 0 Å². The Hall–Kier alpha value is -2.04. The molecule has 0 saturated carbocycles. The number of nitriles is 1. The Balaban J connectivity index is 2.07. The summed E-state index contributed by atoms with van der Waals surface area (Å²) in [6.07, 6.45) is 0. The van der Waals surface area contributed by atoms with Crippen LogP contribution in [-0.4, -0.2) is 10.1 Å². The van der Waals surface area contributed by atoms with Crippen LogP contribution in [0.2, 0.25) is 0 Å². The van der Waals surface area contributed by atoms with E-state index in [2.05, 4.69) is 26.1 Å². The quantitative estimate of drug-likeness (QED) is 0.694. The second kappa shape index (κ2) is 5.15. The van der Waals surface area contributed by atoms with Gasteiger partial charge in [-0.25, -0.2) is 4.39 Å². The molecule has 0 atom stereocenters. The molecule has 4 nitrogen and oxygen atoms in total. The number of hydrogen-bond acceptors (Lipinski definition) is 5. The van der Waals surface area contributed by atoms with E-state index < -0.39 is 5.82 Å². The molecule has 0 spiro atoms. The smallest absolute Gasteiger partial charge is 0.259 e. The minimum Gasteiger partial charge on any atom is -0.334 e. The third-order valence-corrected chi connectivity index (χ3v) is 4.20. The molecule has 0 unspecified atom stereocenters. The SMILES string of the molecule is N#Cc1c(F)cccc1-c1nc(-c2ccc(Br)s2)no1. The highest BCUT2D eigenvalue weighted by Crippen LogP contribution is 2.31. The van der Waals surface area contributed by atoms with Crippen molar-refractivity contribution >= 4 is 27.3 Å². The van der Waals surface area contributed by atoms with E-state index in [9.17, 15) is 4.39 Å². The van der Waals surface area contributed by atoms with Crippen molar-refractivity contribution in [3.05, 3.63) is 45.5 Å². The van der Waals surface area contributed by atoms with Crippen LogP contribution in [0.3, 0.4) is 0 Å². The zero-order chi connectivity index (χ0) is 14.1. The first-order chi connectivity index (χ1) is 9.69. The fourth-order valence-electron chi connectivity index (χ4n) is 1.68. The fraction of sp³-hybridized carbons (Fsp3) is 0. The molecular weight excluding hydrogens is 345 g/mol. The van der Waals surface area contributed by atoms with Gasteiger partial charge in [0.15, 0.2) is 0 Å². The molecule has 98 valence electrons. The number of nitrogens with zero attached hydrogens (tertiary/aromatic N) is 3. The van der Waals surface area contributed by atoms with Gasteiger partial charge < -0.3 is 4.52 Å². The average Bonchev–Trinajstić information content (AvgIpc) is 3.07.